The van der Waals surface area contributed by atoms with Crippen molar-refractivity contribution >= 4 is 11.8 Å². The standard InChI is InChI=1S/C12H15FO2S/c1-12(2)11(14)7-4-5-9(15-3)10(13)8(7)6-16-12/h4-5,11,14H,6H2,1-3H3. The van der Waals surface area contributed by atoms with Gasteiger partial charge in [0.15, 0.2) is 11.6 Å². The normalized spacial score (nSPS) is 22.7. The molecule has 0 bridgehead atoms. The van der Waals surface area contributed by atoms with Crippen molar-refractivity contribution in [3.05, 3.63) is 29.1 Å². The van der Waals surface area contributed by atoms with Gasteiger partial charge >= 0.3 is 0 Å². The van der Waals surface area contributed by atoms with E-state index in [1.165, 1.54) is 7.11 Å². The largest absolute Gasteiger partial charge is 0.494 e. The van der Waals surface area contributed by atoms with Crippen LogP contribution in [-0.4, -0.2) is 17.0 Å². The van der Waals surface area contributed by atoms with Crippen LogP contribution in [0.3, 0.4) is 0 Å². The molecule has 0 aromatic heterocycles. The van der Waals surface area contributed by atoms with E-state index in [4.69, 9.17) is 4.74 Å². The number of methoxy groups -OCH3 is 1. The van der Waals surface area contributed by atoms with E-state index >= 15 is 0 Å². The maximum atomic E-state index is 13.9. The number of benzene rings is 1. The van der Waals surface area contributed by atoms with Crippen LogP contribution in [-0.2, 0) is 5.75 Å². The highest BCUT2D eigenvalue weighted by Crippen LogP contribution is 2.47. The van der Waals surface area contributed by atoms with Gasteiger partial charge in [0.05, 0.1) is 13.2 Å². The van der Waals surface area contributed by atoms with Crippen LogP contribution in [0.5, 0.6) is 5.75 Å². The molecule has 1 N–H and O–H groups in total. The summed E-state index contributed by atoms with van der Waals surface area (Å²) in [4.78, 5) is 0. The van der Waals surface area contributed by atoms with Gasteiger partial charge in [0.2, 0.25) is 0 Å². The molecule has 0 spiro atoms. The summed E-state index contributed by atoms with van der Waals surface area (Å²) >= 11 is 1.56. The van der Waals surface area contributed by atoms with E-state index in [0.717, 1.165) is 0 Å². The van der Waals surface area contributed by atoms with Crippen LogP contribution in [0.1, 0.15) is 31.1 Å². The molecule has 1 aliphatic rings. The van der Waals surface area contributed by atoms with E-state index in [1.54, 1.807) is 23.9 Å². The fraction of sp³-hybridized carbons (Fsp3) is 0.500. The molecule has 4 heteroatoms. The molecule has 1 heterocycles. The van der Waals surface area contributed by atoms with Gasteiger partial charge in [0.25, 0.3) is 0 Å². The topological polar surface area (TPSA) is 29.5 Å². The van der Waals surface area contributed by atoms with Gasteiger partial charge in [-0.2, -0.15) is 0 Å². The highest BCUT2D eigenvalue weighted by atomic mass is 32.2. The molecule has 1 atom stereocenters. The molecule has 2 nitrogen and oxygen atoms in total. The van der Waals surface area contributed by atoms with E-state index in [0.29, 0.717) is 16.9 Å². The number of hydrogen-bond donors (Lipinski definition) is 1. The third kappa shape index (κ3) is 1.70. The SMILES string of the molecule is COc1ccc2c(c1F)CSC(C)(C)C2O. The molecule has 0 fully saturated rings. The van der Waals surface area contributed by atoms with E-state index < -0.39 is 6.10 Å². The Bertz CT molecular complexity index is 418. The summed E-state index contributed by atoms with van der Waals surface area (Å²) in [5.41, 5.74) is 1.25. The minimum atomic E-state index is -0.637. The molecule has 1 aromatic rings. The van der Waals surface area contributed by atoms with Crippen LogP contribution in [0.2, 0.25) is 0 Å². The fourth-order valence-electron chi connectivity index (χ4n) is 1.89. The molecule has 1 aliphatic heterocycles. The van der Waals surface area contributed by atoms with Crippen molar-refractivity contribution in [3.8, 4) is 5.75 Å². The van der Waals surface area contributed by atoms with E-state index in [2.05, 4.69) is 0 Å². The van der Waals surface area contributed by atoms with Gasteiger partial charge in [-0.3, -0.25) is 0 Å². The number of fused-ring (bicyclic) bond motifs is 1. The lowest BCUT2D eigenvalue weighted by molar-refractivity contribution is 0.140. The third-order valence-corrected chi connectivity index (χ3v) is 4.41. The number of ether oxygens (including phenoxy) is 1. The summed E-state index contributed by atoms with van der Waals surface area (Å²) in [6, 6.07) is 3.33. The van der Waals surface area contributed by atoms with Crippen molar-refractivity contribution in [3.63, 3.8) is 0 Å². The summed E-state index contributed by atoms with van der Waals surface area (Å²) in [5.74, 6) is 0.468. The Labute approximate surface area is 98.8 Å². The quantitative estimate of drug-likeness (QED) is 0.821. The lowest BCUT2D eigenvalue weighted by Crippen LogP contribution is -2.30. The highest BCUT2D eigenvalue weighted by molar-refractivity contribution is 7.99. The number of aliphatic hydroxyl groups is 1. The molecular formula is C12H15FO2S. The number of thioether (sulfide) groups is 1. The Morgan fingerprint density at radius 2 is 2.19 bits per heavy atom. The first-order valence-electron chi connectivity index (χ1n) is 5.14. The summed E-state index contributed by atoms with van der Waals surface area (Å²) in [5, 5.41) is 10.1. The molecule has 0 radical (unpaired) electrons. The van der Waals surface area contributed by atoms with E-state index in [1.807, 2.05) is 13.8 Å². The molecule has 1 unspecified atom stereocenters. The Morgan fingerprint density at radius 3 is 2.81 bits per heavy atom. The van der Waals surface area contributed by atoms with E-state index in [-0.39, 0.29) is 16.3 Å². The van der Waals surface area contributed by atoms with Gasteiger partial charge in [-0.05, 0) is 25.5 Å². The van der Waals surface area contributed by atoms with Gasteiger partial charge < -0.3 is 9.84 Å². The number of hydrogen-bond acceptors (Lipinski definition) is 3. The maximum absolute atomic E-state index is 13.9. The zero-order valence-corrected chi connectivity index (χ0v) is 10.4. The second-order valence-corrected chi connectivity index (χ2v) is 6.07. The zero-order valence-electron chi connectivity index (χ0n) is 9.58. The second-order valence-electron chi connectivity index (χ2n) is 4.44. The lowest BCUT2D eigenvalue weighted by Gasteiger charge is -2.36. The Kier molecular flexibility index (Phi) is 2.88. The fourth-order valence-corrected chi connectivity index (χ4v) is 2.98. The molecule has 88 valence electrons. The van der Waals surface area contributed by atoms with Crippen LogP contribution in [0.25, 0.3) is 0 Å². The summed E-state index contributed by atoms with van der Waals surface area (Å²) in [6.07, 6.45) is -0.637. The van der Waals surface area contributed by atoms with Gasteiger partial charge in [0.1, 0.15) is 0 Å². The van der Waals surface area contributed by atoms with Crippen molar-refractivity contribution in [1.82, 2.24) is 0 Å². The van der Waals surface area contributed by atoms with Crippen LogP contribution in [0.15, 0.2) is 12.1 Å². The zero-order chi connectivity index (χ0) is 11.9. The first-order chi connectivity index (χ1) is 7.47. The van der Waals surface area contributed by atoms with Crippen molar-refractivity contribution in [2.24, 2.45) is 0 Å². The minimum Gasteiger partial charge on any atom is -0.494 e. The molecule has 0 aliphatic carbocycles. The summed E-state index contributed by atoms with van der Waals surface area (Å²) in [6.45, 7) is 3.93. The van der Waals surface area contributed by atoms with Crippen molar-refractivity contribution < 1.29 is 14.2 Å². The molecular weight excluding hydrogens is 227 g/mol. The number of halogens is 1. The molecule has 16 heavy (non-hydrogen) atoms. The Morgan fingerprint density at radius 1 is 1.50 bits per heavy atom. The molecule has 1 aromatic carbocycles. The monoisotopic (exact) mass is 242 g/mol. The van der Waals surface area contributed by atoms with Crippen LogP contribution in [0.4, 0.5) is 4.39 Å². The van der Waals surface area contributed by atoms with E-state index in [9.17, 15) is 9.50 Å². The summed E-state index contributed by atoms with van der Waals surface area (Å²) in [7, 11) is 1.45. The molecule has 0 amide bonds. The number of aliphatic hydroxyl groups excluding tert-OH is 1. The van der Waals surface area contributed by atoms with Crippen LogP contribution in [0, 0.1) is 5.82 Å². The molecule has 0 saturated carbocycles. The first kappa shape index (κ1) is 11.7. The van der Waals surface area contributed by atoms with Crippen molar-refractivity contribution in [2.75, 3.05) is 7.11 Å². The maximum Gasteiger partial charge on any atom is 0.169 e. The van der Waals surface area contributed by atoms with Crippen molar-refractivity contribution in [1.29, 1.82) is 0 Å². The van der Waals surface area contributed by atoms with Crippen molar-refractivity contribution in [2.45, 2.75) is 30.5 Å². The third-order valence-electron chi connectivity index (χ3n) is 3.01. The number of rotatable bonds is 1. The second kappa shape index (κ2) is 3.93. The Hall–Kier alpha value is -0.740. The summed E-state index contributed by atoms with van der Waals surface area (Å²) < 4.78 is 18.6. The lowest BCUT2D eigenvalue weighted by atomic mass is 9.93. The first-order valence-corrected chi connectivity index (χ1v) is 6.13. The average molecular weight is 242 g/mol. The van der Waals surface area contributed by atoms with Crippen LogP contribution < -0.4 is 4.74 Å². The minimum absolute atomic E-state index is 0.242. The smallest absolute Gasteiger partial charge is 0.169 e. The molecule has 2 rings (SSSR count). The average Bonchev–Trinajstić information content (AvgIpc) is 2.24. The van der Waals surface area contributed by atoms with Gasteiger partial charge in [-0.1, -0.05) is 6.07 Å². The van der Waals surface area contributed by atoms with Gasteiger partial charge in [-0.15, -0.1) is 11.8 Å². The van der Waals surface area contributed by atoms with Gasteiger partial charge in [0, 0.05) is 16.1 Å². The highest BCUT2D eigenvalue weighted by Gasteiger charge is 2.37. The van der Waals surface area contributed by atoms with Crippen LogP contribution >= 0.6 is 11.8 Å². The van der Waals surface area contributed by atoms with Gasteiger partial charge in [-0.25, -0.2) is 4.39 Å². The Balaban J connectivity index is 2.52. The predicted octanol–water partition coefficient (Wildman–Crippen LogP) is 2.89. The molecule has 0 saturated heterocycles. The predicted molar refractivity (Wildman–Crippen MR) is 63.3 cm³/mol.